The number of hydrogen-bond donors (Lipinski definition) is 1. The van der Waals surface area contributed by atoms with E-state index in [9.17, 15) is 0 Å². The summed E-state index contributed by atoms with van der Waals surface area (Å²) >= 11 is 0. The predicted molar refractivity (Wildman–Crippen MR) is 68.3 cm³/mol. The Kier molecular flexibility index (Phi) is 4.57. The highest BCUT2D eigenvalue weighted by atomic mass is 16.5. The molecule has 2 atom stereocenters. The van der Waals surface area contributed by atoms with Crippen molar-refractivity contribution in [1.82, 2.24) is 14.9 Å². The molecule has 17 heavy (non-hydrogen) atoms. The lowest BCUT2D eigenvalue weighted by Gasteiger charge is -2.26. The van der Waals surface area contributed by atoms with Crippen molar-refractivity contribution in [2.24, 2.45) is 0 Å². The second kappa shape index (κ2) is 6.17. The van der Waals surface area contributed by atoms with Crippen LogP contribution in [0.25, 0.3) is 0 Å². The van der Waals surface area contributed by atoms with Crippen LogP contribution in [0.3, 0.4) is 0 Å². The van der Waals surface area contributed by atoms with Crippen LogP contribution in [0, 0.1) is 0 Å². The SMILES string of the molecule is CCC(COC)n1cncc1C1CCCNC1. The highest BCUT2D eigenvalue weighted by Crippen LogP contribution is 2.26. The van der Waals surface area contributed by atoms with E-state index in [4.69, 9.17) is 4.74 Å². The molecule has 0 saturated carbocycles. The number of ether oxygens (including phenoxy) is 1. The lowest BCUT2D eigenvalue weighted by Crippen LogP contribution is -2.30. The quantitative estimate of drug-likeness (QED) is 0.850. The van der Waals surface area contributed by atoms with E-state index in [0.29, 0.717) is 12.0 Å². The predicted octanol–water partition coefficient (Wildman–Crippen LogP) is 1.95. The van der Waals surface area contributed by atoms with Crippen LogP contribution in [0.4, 0.5) is 0 Å². The molecule has 1 aromatic rings. The average Bonchev–Trinajstić information content (AvgIpc) is 2.86. The number of methoxy groups -OCH3 is 1. The molecule has 1 fully saturated rings. The van der Waals surface area contributed by atoms with Gasteiger partial charge in [-0.1, -0.05) is 6.92 Å². The summed E-state index contributed by atoms with van der Waals surface area (Å²) in [5.41, 5.74) is 1.36. The first kappa shape index (κ1) is 12.6. The van der Waals surface area contributed by atoms with Crippen molar-refractivity contribution in [2.45, 2.75) is 38.1 Å². The summed E-state index contributed by atoms with van der Waals surface area (Å²) in [6, 6.07) is 0.416. The first-order chi connectivity index (χ1) is 8.36. The molecule has 0 spiro atoms. The molecule has 0 amide bonds. The maximum absolute atomic E-state index is 5.30. The topological polar surface area (TPSA) is 39.1 Å². The molecule has 0 aromatic carbocycles. The van der Waals surface area contributed by atoms with Crippen LogP contribution in [0.5, 0.6) is 0 Å². The molecule has 0 bridgehead atoms. The number of nitrogens with zero attached hydrogens (tertiary/aromatic N) is 2. The van der Waals surface area contributed by atoms with E-state index in [2.05, 4.69) is 21.8 Å². The molecule has 0 radical (unpaired) electrons. The van der Waals surface area contributed by atoms with Crippen LogP contribution >= 0.6 is 0 Å². The largest absolute Gasteiger partial charge is 0.383 e. The van der Waals surface area contributed by atoms with Crippen molar-refractivity contribution in [3.05, 3.63) is 18.2 Å². The van der Waals surface area contributed by atoms with Gasteiger partial charge in [-0.25, -0.2) is 4.98 Å². The highest BCUT2D eigenvalue weighted by molar-refractivity contribution is 5.09. The normalized spacial score (nSPS) is 22.6. The van der Waals surface area contributed by atoms with Gasteiger partial charge < -0.3 is 14.6 Å². The van der Waals surface area contributed by atoms with Crippen LogP contribution in [0.2, 0.25) is 0 Å². The Labute approximate surface area is 103 Å². The highest BCUT2D eigenvalue weighted by Gasteiger charge is 2.21. The van der Waals surface area contributed by atoms with E-state index < -0.39 is 0 Å². The first-order valence-corrected chi connectivity index (χ1v) is 6.58. The third-order valence-corrected chi connectivity index (χ3v) is 3.63. The van der Waals surface area contributed by atoms with Crippen LogP contribution in [0.15, 0.2) is 12.5 Å². The summed E-state index contributed by atoms with van der Waals surface area (Å²) < 4.78 is 7.60. The van der Waals surface area contributed by atoms with Gasteiger partial charge in [-0.15, -0.1) is 0 Å². The fourth-order valence-electron chi connectivity index (χ4n) is 2.63. The van der Waals surface area contributed by atoms with E-state index in [1.165, 1.54) is 18.5 Å². The minimum atomic E-state index is 0.416. The van der Waals surface area contributed by atoms with Gasteiger partial charge in [0.25, 0.3) is 0 Å². The third kappa shape index (κ3) is 2.87. The van der Waals surface area contributed by atoms with Crippen LogP contribution in [-0.2, 0) is 4.74 Å². The van der Waals surface area contributed by atoms with Gasteiger partial charge in [-0.2, -0.15) is 0 Å². The van der Waals surface area contributed by atoms with Gasteiger partial charge >= 0.3 is 0 Å². The molecule has 4 nitrogen and oxygen atoms in total. The summed E-state index contributed by atoms with van der Waals surface area (Å²) in [6.45, 7) is 5.20. The van der Waals surface area contributed by atoms with Crippen molar-refractivity contribution in [2.75, 3.05) is 26.8 Å². The maximum atomic E-state index is 5.30. The number of aromatic nitrogens is 2. The number of piperidine rings is 1. The van der Waals surface area contributed by atoms with Gasteiger partial charge in [0.05, 0.1) is 19.0 Å². The number of nitrogens with one attached hydrogen (secondary N) is 1. The minimum absolute atomic E-state index is 0.416. The second-order valence-corrected chi connectivity index (χ2v) is 4.79. The van der Waals surface area contributed by atoms with Gasteiger partial charge in [-0.05, 0) is 25.8 Å². The molecule has 1 aliphatic heterocycles. The molecule has 1 saturated heterocycles. The average molecular weight is 237 g/mol. The summed E-state index contributed by atoms with van der Waals surface area (Å²) in [5, 5.41) is 3.47. The molecule has 1 aromatic heterocycles. The van der Waals surface area contributed by atoms with E-state index in [0.717, 1.165) is 26.1 Å². The number of rotatable bonds is 5. The zero-order chi connectivity index (χ0) is 12.1. The van der Waals surface area contributed by atoms with Crippen LogP contribution < -0.4 is 5.32 Å². The molecule has 96 valence electrons. The molecule has 1 aliphatic rings. The lowest BCUT2D eigenvalue weighted by atomic mass is 9.96. The van der Waals surface area contributed by atoms with Gasteiger partial charge in [-0.3, -0.25) is 0 Å². The molecule has 4 heteroatoms. The van der Waals surface area contributed by atoms with Gasteiger partial charge in [0.15, 0.2) is 0 Å². The standard InChI is InChI=1S/C13H23N3O/c1-3-12(9-17-2)16-10-15-8-13(16)11-5-4-6-14-7-11/h8,10-12,14H,3-7,9H2,1-2H3. The second-order valence-electron chi connectivity index (χ2n) is 4.79. The Morgan fingerprint density at radius 2 is 2.53 bits per heavy atom. The molecule has 2 heterocycles. The summed E-state index contributed by atoms with van der Waals surface area (Å²) in [7, 11) is 1.77. The van der Waals surface area contributed by atoms with Crippen molar-refractivity contribution in [3.8, 4) is 0 Å². The molecule has 1 N–H and O–H groups in total. The summed E-state index contributed by atoms with van der Waals surface area (Å²) in [5.74, 6) is 0.608. The van der Waals surface area contributed by atoms with E-state index in [-0.39, 0.29) is 0 Å². The Morgan fingerprint density at radius 1 is 1.65 bits per heavy atom. The Balaban J connectivity index is 2.14. The monoisotopic (exact) mass is 237 g/mol. The molecule has 0 aliphatic carbocycles. The smallest absolute Gasteiger partial charge is 0.0951 e. The van der Waals surface area contributed by atoms with Crippen molar-refractivity contribution in [3.63, 3.8) is 0 Å². The first-order valence-electron chi connectivity index (χ1n) is 6.58. The lowest BCUT2D eigenvalue weighted by molar-refractivity contribution is 0.151. The summed E-state index contributed by atoms with van der Waals surface area (Å²) in [4.78, 5) is 4.33. The maximum Gasteiger partial charge on any atom is 0.0951 e. The Hall–Kier alpha value is -0.870. The van der Waals surface area contributed by atoms with Gasteiger partial charge in [0.2, 0.25) is 0 Å². The van der Waals surface area contributed by atoms with E-state index >= 15 is 0 Å². The minimum Gasteiger partial charge on any atom is -0.383 e. The zero-order valence-corrected chi connectivity index (χ0v) is 10.9. The Morgan fingerprint density at radius 3 is 3.18 bits per heavy atom. The zero-order valence-electron chi connectivity index (χ0n) is 10.9. The van der Waals surface area contributed by atoms with Crippen molar-refractivity contribution < 1.29 is 4.74 Å². The van der Waals surface area contributed by atoms with Crippen LogP contribution in [-0.4, -0.2) is 36.4 Å². The molecule has 2 unspecified atom stereocenters. The van der Waals surface area contributed by atoms with Gasteiger partial charge in [0, 0.05) is 31.5 Å². The van der Waals surface area contributed by atoms with Crippen LogP contribution in [0.1, 0.15) is 43.8 Å². The van der Waals surface area contributed by atoms with Crippen molar-refractivity contribution >= 4 is 0 Å². The number of imidazole rings is 1. The fourth-order valence-corrected chi connectivity index (χ4v) is 2.63. The number of hydrogen-bond acceptors (Lipinski definition) is 3. The van der Waals surface area contributed by atoms with E-state index in [1.807, 2.05) is 12.5 Å². The third-order valence-electron chi connectivity index (χ3n) is 3.63. The molecular formula is C13H23N3O. The molecular weight excluding hydrogens is 214 g/mol. The molecule has 2 rings (SSSR count). The van der Waals surface area contributed by atoms with Crippen molar-refractivity contribution in [1.29, 1.82) is 0 Å². The Bertz CT molecular complexity index is 312. The summed E-state index contributed by atoms with van der Waals surface area (Å²) in [6.07, 6.45) is 7.59. The van der Waals surface area contributed by atoms with E-state index in [1.54, 1.807) is 7.11 Å². The van der Waals surface area contributed by atoms with Gasteiger partial charge in [0.1, 0.15) is 0 Å². The fraction of sp³-hybridized carbons (Fsp3) is 0.769.